The van der Waals surface area contributed by atoms with E-state index in [1.165, 1.54) is 38.1 Å². The molecule has 2 N–H and O–H groups in total. The number of ether oxygens (including phenoxy) is 1. The van der Waals surface area contributed by atoms with E-state index in [0.29, 0.717) is 29.0 Å². The number of amides is 1. The van der Waals surface area contributed by atoms with Crippen LogP contribution in [0.3, 0.4) is 0 Å². The van der Waals surface area contributed by atoms with Gasteiger partial charge in [0.2, 0.25) is 0 Å². The van der Waals surface area contributed by atoms with E-state index in [-0.39, 0.29) is 17.7 Å². The molecule has 3 aromatic carbocycles. The van der Waals surface area contributed by atoms with Gasteiger partial charge in [0, 0.05) is 12.1 Å². The lowest BCUT2D eigenvalue weighted by Gasteiger charge is -2.16. The molecule has 0 aliphatic rings. The Hall–Kier alpha value is -3.81. The monoisotopic (exact) mass is 485 g/mol. The van der Waals surface area contributed by atoms with Crippen LogP contribution in [0, 0.1) is 11.6 Å². The summed E-state index contributed by atoms with van der Waals surface area (Å²) in [6.45, 7) is 4.94. The Bertz CT molecular complexity index is 1250. The van der Waals surface area contributed by atoms with Gasteiger partial charge in [-0.2, -0.15) is 0 Å². The standard InChI is InChI=1S/C27H26F3NO4/c1-4-11-35-24-10-6-16(17-5-9-22(28)21(13-17)26(33)34)12-18(24)15-31-25(32)20-8-7-19(14-23(20)29)27(2,3)30/h5-10,12-14H,4,11,15H2,1-3H3,(H,31,32)(H,33,34). The first-order valence-corrected chi connectivity index (χ1v) is 11.1. The van der Waals surface area contributed by atoms with Crippen LogP contribution in [0.2, 0.25) is 0 Å². The normalized spacial score (nSPS) is 11.3. The number of carboxylic acid groups (broad SMARTS) is 1. The molecule has 3 rings (SSSR count). The third-order valence-electron chi connectivity index (χ3n) is 5.39. The molecule has 0 saturated heterocycles. The van der Waals surface area contributed by atoms with Gasteiger partial charge >= 0.3 is 5.97 Å². The van der Waals surface area contributed by atoms with Gasteiger partial charge in [0.15, 0.2) is 0 Å². The van der Waals surface area contributed by atoms with Gasteiger partial charge in [0.25, 0.3) is 5.91 Å². The molecule has 0 bridgehead atoms. The minimum Gasteiger partial charge on any atom is -0.493 e. The largest absolute Gasteiger partial charge is 0.493 e. The molecule has 0 aliphatic heterocycles. The van der Waals surface area contributed by atoms with E-state index in [4.69, 9.17) is 4.74 Å². The number of benzene rings is 3. The maximum absolute atomic E-state index is 14.5. The fraction of sp³-hybridized carbons (Fsp3) is 0.259. The first-order valence-electron chi connectivity index (χ1n) is 11.1. The van der Waals surface area contributed by atoms with E-state index in [1.54, 1.807) is 18.2 Å². The van der Waals surface area contributed by atoms with Gasteiger partial charge in [-0.3, -0.25) is 4.79 Å². The number of alkyl halides is 1. The van der Waals surface area contributed by atoms with Gasteiger partial charge in [0.1, 0.15) is 23.1 Å². The molecular formula is C27H26F3NO4. The Morgan fingerprint density at radius 3 is 2.26 bits per heavy atom. The summed E-state index contributed by atoms with van der Waals surface area (Å²) in [4.78, 5) is 23.9. The lowest BCUT2D eigenvalue weighted by Crippen LogP contribution is -2.24. The van der Waals surface area contributed by atoms with Crippen molar-refractivity contribution in [2.24, 2.45) is 0 Å². The number of carbonyl (C=O) groups excluding carboxylic acids is 1. The predicted octanol–water partition coefficient (Wildman–Crippen LogP) is 6.25. The number of hydrogen-bond donors (Lipinski definition) is 2. The number of nitrogens with one attached hydrogen (secondary N) is 1. The van der Waals surface area contributed by atoms with Crippen LogP contribution in [-0.4, -0.2) is 23.6 Å². The number of rotatable bonds is 9. The topological polar surface area (TPSA) is 75.6 Å². The van der Waals surface area contributed by atoms with Gasteiger partial charge < -0.3 is 15.2 Å². The highest BCUT2D eigenvalue weighted by Crippen LogP contribution is 2.29. The quantitative estimate of drug-likeness (QED) is 0.376. The van der Waals surface area contributed by atoms with Crippen LogP contribution in [0.5, 0.6) is 5.75 Å². The molecule has 0 aromatic heterocycles. The van der Waals surface area contributed by atoms with Crippen molar-refractivity contribution in [3.63, 3.8) is 0 Å². The number of carbonyl (C=O) groups is 2. The molecule has 0 fully saturated rings. The smallest absolute Gasteiger partial charge is 0.338 e. The maximum atomic E-state index is 14.5. The van der Waals surface area contributed by atoms with E-state index < -0.39 is 34.7 Å². The summed E-state index contributed by atoms with van der Waals surface area (Å²) >= 11 is 0. The fourth-order valence-corrected chi connectivity index (χ4v) is 3.46. The molecule has 35 heavy (non-hydrogen) atoms. The lowest BCUT2D eigenvalue weighted by molar-refractivity contribution is 0.0691. The predicted molar refractivity (Wildman–Crippen MR) is 126 cm³/mol. The summed E-state index contributed by atoms with van der Waals surface area (Å²) in [6, 6.07) is 12.4. The van der Waals surface area contributed by atoms with Crippen molar-refractivity contribution >= 4 is 11.9 Å². The summed E-state index contributed by atoms with van der Waals surface area (Å²) in [7, 11) is 0. The maximum Gasteiger partial charge on any atom is 0.338 e. The van der Waals surface area contributed by atoms with E-state index >= 15 is 0 Å². The summed E-state index contributed by atoms with van der Waals surface area (Å²) in [6.07, 6.45) is 0.746. The molecule has 0 aliphatic carbocycles. The van der Waals surface area contributed by atoms with Crippen molar-refractivity contribution in [2.75, 3.05) is 6.61 Å². The zero-order valence-electron chi connectivity index (χ0n) is 19.6. The van der Waals surface area contributed by atoms with E-state index in [2.05, 4.69) is 5.32 Å². The Morgan fingerprint density at radius 2 is 1.63 bits per heavy atom. The zero-order valence-corrected chi connectivity index (χ0v) is 19.6. The fourth-order valence-electron chi connectivity index (χ4n) is 3.46. The Balaban J connectivity index is 1.88. The molecule has 0 unspecified atom stereocenters. The first-order chi connectivity index (χ1) is 16.5. The lowest BCUT2D eigenvalue weighted by atomic mass is 9.98. The molecular weight excluding hydrogens is 459 g/mol. The van der Waals surface area contributed by atoms with E-state index in [1.807, 2.05) is 6.92 Å². The molecule has 0 radical (unpaired) electrons. The third kappa shape index (κ3) is 6.20. The van der Waals surface area contributed by atoms with Gasteiger partial charge in [-0.1, -0.05) is 25.1 Å². The van der Waals surface area contributed by atoms with Crippen molar-refractivity contribution in [3.05, 3.63) is 88.5 Å². The molecule has 3 aromatic rings. The first kappa shape index (κ1) is 25.8. The highest BCUT2D eigenvalue weighted by molar-refractivity contribution is 5.94. The summed E-state index contributed by atoms with van der Waals surface area (Å²) < 4.78 is 48.1. The zero-order chi connectivity index (χ0) is 25.8. The average Bonchev–Trinajstić information content (AvgIpc) is 2.81. The van der Waals surface area contributed by atoms with Crippen molar-refractivity contribution < 1.29 is 32.6 Å². The van der Waals surface area contributed by atoms with Gasteiger partial charge in [-0.05, 0) is 73.4 Å². The summed E-state index contributed by atoms with van der Waals surface area (Å²) in [5.74, 6) is -3.27. The van der Waals surface area contributed by atoms with Gasteiger partial charge in [-0.25, -0.2) is 18.0 Å². The number of aromatic carboxylic acids is 1. The van der Waals surface area contributed by atoms with Crippen LogP contribution >= 0.6 is 0 Å². The molecule has 184 valence electrons. The van der Waals surface area contributed by atoms with Crippen molar-refractivity contribution in [1.29, 1.82) is 0 Å². The van der Waals surface area contributed by atoms with Crippen LogP contribution < -0.4 is 10.1 Å². The van der Waals surface area contributed by atoms with Crippen LogP contribution in [0.4, 0.5) is 13.2 Å². The van der Waals surface area contributed by atoms with E-state index in [9.17, 15) is 27.9 Å². The number of hydrogen-bond acceptors (Lipinski definition) is 3. The van der Waals surface area contributed by atoms with Gasteiger partial charge in [-0.15, -0.1) is 0 Å². The van der Waals surface area contributed by atoms with Crippen molar-refractivity contribution in [3.8, 4) is 16.9 Å². The second-order valence-corrected chi connectivity index (χ2v) is 8.52. The molecule has 5 nitrogen and oxygen atoms in total. The van der Waals surface area contributed by atoms with Crippen LogP contribution in [0.25, 0.3) is 11.1 Å². The summed E-state index contributed by atoms with van der Waals surface area (Å²) in [5, 5.41) is 11.9. The molecule has 0 spiro atoms. The van der Waals surface area contributed by atoms with E-state index in [0.717, 1.165) is 18.6 Å². The SMILES string of the molecule is CCCOc1ccc(-c2ccc(F)c(C(=O)O)c2)cc1CNC(=O)c1ccc(C(C)(C)F)cc1F. The highest BCUT2D eigenvalue weighted by Gasteiger charge is 2.22. The Kier molecular flexibility index (Phi) is 7.84. The highest BCUT2D eigenvalue weighted by atomic mass is 19.1. The van der Waals surface area contributed by atoms with Crippen LogP contribution in [0.1, 0.15) is 59.0 Å². The Labute approximate surface area is 201 Å². The molecule has 0 heterocycles. The van der Waals surface area contributed by atoms with Crippen LogP contribution in [-0.2, 0) is 12.2 Å². The minimum atomic E-state index is -1.75. The second kappa shape index (κ2) is 10.6. The average molecular weight is 486 g/mol. The number of halogens is 3. The van der Waals surface area contributed by atoms with Crippen LogP contribution in [0.15, 0.2) is 54.6 Å². The number of carboxylic acids is 1. The molecule has 1 amide bonds. The third-order valence-corrected chi connectivity index (χ3v) is 5.39. The Morgan fingerprint density at radius 1 is 0.943 bits per heavy atom. The molecule has 0 atom stereocenters. The molecule has 0 saturated carbocycles. The van der Waals surface area contributed by atoms with Gasteiger partial charge in [0.05, 0.1) is 17.7 Å². The molecule has 8 heteroatoms. The summed E-state index contributed by atoms with van der Waals surface area (Å²) in [5.41, 5.74) is -0.700. The van der Waals surface area contributed by atoms with Crippen molar-refractivity contribution in [1.82, 2.24) is 5.32 Å². The minimum absolute atomic E-state index is 0.0193. The van der Waals surface area contributed by atoms with Crippen molar-refractivity contribution in [2.45, 2.75) is 39.4 Å². The second-order valence-electron chi connectivity index (χ2n) is 8.52.